The first-order chi connectivity index (χ1) is 13.1. The maximum atomic E-state index is 11.9. The van der Waals surface area contributed by atoms with Crippen LogP contribution in [0.25, 0.3) is 6.08 Å². The Kier molecular flexibility index (Phi) is 6.02. The first-order valence-electron chi connectivity index (χ1n) is 8.17. The standard InChI is InChI=1S/C22H16ClNO3/c23-18-6-1-16(2-7-18)5-14-22(26)27-21-12-3-17(4-13-21)15-24-19-8-10-20(25)11-9-19/h1-15,25H/b14-5+,24-15+. The van der Waals surface area contributed by atoms with E-state index in [0.717, 1.165) is 16.8 Å². The maximum Gasteiger partial charge on any atom is 0.336 e. The Hall–Kier alpha value is -3.37. The molecule has 0 aliphatic rings. The van der Waals surface area contributed by atoms with Gasteiger partial charge in [0.1, 0.15) is 11.5 Å². The van der Waals surface area contributed by atoms with Crippen molar-refractivity contribution in [3.63, 3.8) is 0 Å². The molecule has 0 radical (unpaired) electrons. The molecule has 134 valence electrons. The first-order valence-corrected chi connectivity index (χ1v) is 8.55. The molecule has 0 bridgehead atoms. The maximum absolute atomic E-state index is 11.9. The van der Waals surface area contributed by atoms with Gasteiger partial charge in [0, 0.05) is 17.3 Å². The summed E-state index contributed by atoms with van der Waals surface area (Å²) in [5.41, 5.74) is 2.45. The third-order valence-corrected chi connectivity index (χ3v) is 3.84. The predicted octanol–water partition coefficient (Wildman–Crippen LogP) is 5.42. The average molecular weight is 378 g/mol. The molecule has 0 atom stereocenters. The summed E-state index contributed by atoms with van der Waals surface area (Å²) in [6, 6.07) is 20.7. The number of carbonyl (C=O) groups excluding carboxylic acids is 1. The number of hydrogen-bond donors (Lipinski definition) is 1. The van der Waals surface area contributed by atoms with Crippen molar-refractivity contribution in [2.75, 3.05) is 0 Å². The quantitative estimate of drug-likeness (QED) is 0.280. The van der Waals surface area contributed by atoms with Crippen molar-refractivity contribution in [3.8, 4) is 11.5 Å². The number of halogens is 1. The first kappa shape index (κ1) is 18.4. The van der Waals surface area contributed by atoms with Crippen molar-refractivity contribution in [2.24, 2.45) is 4.99 Å². The SMILES string of the molecule is O=C(/C=C/c1ccc(Cl)cc1)Oc1ccc(/C=N/c2ccc(O)cc2)cc1. The minimum atomic E-state index is -0.463. The molecule has 0 fully saturated rings. The highest BCUT2D eigenvalue weighted by molar-refractivity contribution is 6.30. The van der Waals surface area contributed by atoms with Crippen LogP contribution in [0, 0.1) is 0 Å². The summed E-state index contributed by atoms with van der Waals surface area (Å²) in [7, 11) is 0. The van der Waals surface area contributed by atoms with Crippen molar-refractivity contribution in [1.29, 1.82) is 0 Å². The van der Waals surface area contributed by atoms with Gasteiger partial charge in [0.15, 0.2) is 0 Å². The molecule has 3 aromatic carbocycles. The molecule has 0 amide bonds. The summed E-state index contributed by atoms with van der Waals surface area (Å²) in [6.07, 6.45) is 4.72. The van der Waals surface area contributed by atoms with Crippen molar-refractivity contribution in [1.82, 2.24) is 0 Å². The molecule has 0 aliphatic carbocycles. The second-order valence-corrected chi connectivity index (χ2v) is 6.09. The van der Waals surface area contributed by atoms with E-state index in [9.17, 15) is 9.90 Å². The Bertz CT molecular complexity index is 960. The monoisotopic (exact) mass is 377 g/mol. The molecule has 27 heavy (non-hydrogen) atoms. The Morgan fingerprint density at radius 2 is 1.52 bits per heavy atom. The van der Waals surface area contributed by atoms with E-state index in [-0.39, 0.29) is 5.75 Å². The topological polar surface area (TPSA) is 58.9 Å². The van der Waals surface area contributed by atoms with E-state index in [1.54, 1.807) is 73.0 Å². The molecule has 0 aromatic heterocycles. The summed E-state index contributed by atoms with van der Waals surface area (Å²) >= 11 is 5.82. The fourth-order valence-electron chi connectivity index (χ4n) is 2.20. The largest absolute Gasteiger partial charge is 0.508 e. The van der Waals surface area contributed by atoms with Gasteiger partial charge in [-0.15, -0.1) is 0 Å². The lowest BCUT2D eigenvalue weighted by Crippen LogP contribution is -2.03. The highest BCUT2D eigenvalue weighted by Gasteiger charge is 2.00. The highest BCUT2D eigenvalue weighted by Crippen LogP contribution is 2.17. The molecule has 0 saturated heterocycles. The van der Waals surface area contributed by atoms with E-state index < -0.39 is 5.97 Å². The molecule has 5 heteroatoms. The lowest BCUT2D eigenvalue weighted by molar-refractivity contribution is -0.128. The van der Waals surface area contributed by atoms with Gasteiger partial charge in [0.05, 0.1) is 5.69 Å². The summed E-state index contributed by atoms with van der Waals surface area (Å²) in [4.78, 5) is 16.2. The van der Waals surface area contributed by atoms with Gasteiger partial charge in [-0.05, 0) is 77.9 Å². The third kappa shape index (κ3) is 5.83. The van der Waals surface area contributed by atoms with Gasteiger partial charge < -0.3 is 9.84 Å². The fraction of sp³-hybridized carbons (Fsp3) is 0. The molecule has 3 rings (SSSR count). The number of benzene rings is 3. The van der Waals surface area contributed by atoms with Crippen LogP contribution in [0.5, 0.6) is 11.5 Å². The number of phenols is 1. The smallest absolute Gasteiger partial charge is 0.336 e. The van der Waals surface area contributed by atoms with Crippen LogP contribution in [0.1, 0.15) is 11.1 Å². The van der Waals surface area contributed by atoms with E-state index in [4.69, 9.17) is 16.3 Å². The van der Waals surface area contributed by atoms with Crippen LogP contribution in [0.4, 0.5) is 5.69 Å². The molecule has 0 heterocycles. The van der Waals surface area contributed by atoms with Gasteiger partial charge in [-0.1, -0.05) is 23.7 Å². The number of aromatic hydroxyl groups is 1. The molecular formula is C22H16ClNO3. The van der Waals surface area contributed by atoms with E-state index in [2.05, 4.69) is 4.99 Å². The zero-order valence-electron chi connectivity index (χ0n) is 14.2. The van der Waals surface area contributed by atoms with Gasteiger partial charge >= 0.3 is 5.97 Å². The molecule has 0 spiro atoms. The minimum Gasteiger partial charge on any atom is -0.508 e. The number of nitrogens with zero attached hydrogens (tertiary/aromatic N) is 1. The number of esters is 1. The van der Waals surface area contributed by atoms with E-state index in [1.807, 2.05) is 12.1 Å². The van der Waals surface area contributed by atoms with Gasteiger partial charge in [-0.2, -0.15) is 0 Å². The molecule has 1 N–H and O–H groups in total. The third-order valence-electron chi connectivity index (χ3n) is 3.59. The van der Waals surface area contributed by atoms with Crippen molar-refractivity contribution in [2.45, 2.75) is 0 Å². The number of hydrogen-bond acceptors (Lipinski definition) is 4. The second kappa shape index (κ2) is 8.83. The Morgan fingerprint density at radius 1 is 0.889 bits per heavy atom. The number of carbonyl (C=O) groups is 1. The zero-order valence-corrected chi connectivity index (χ0v) is 15.0. The minimum absolute atomic E-state index is 0.199. The molecule has 0 aliphatic heterocycles. The molecule has 3 aromatic rings. The van der Waals surface area contributed by atoms with Gasteiger partial charge in [0.25, 0.3) is 0 Å². The summed E-state index contributed by atoms with van der Waals surface area (Å²) in [5, 5.41) is 9.90. The normalized spacial score (nSPS) is 11.1. The van der Waals surface area contributed by atoms with Crippen molar-refractivity contribution >= 4 is 35.5 Å². The van der Waals surface area contributed by atoms with Crippen LogP contribution in [0.2, 0.25) is 5.02 Å². The van der Waals surface area contributed by atoms with Gasteiger partial charge in [-0.3, -0.25) is 4.99 Å². The number of phenolic OH excluding ortho intramolecular Hbond substituents is 1. The van der Waals surface area contributed by atoms with Crippen LogP contribution in [0.15, 0.2) is 83.9 Å². The lowest BCUT2D eigenvalue weighted by Gasteiger charge is -2.02. The summed E-state index contributed by atoms with van der Waals surface area (Å²) in [5.74, 6) is 0.184. The number of rotatable bonds is 5. The van der Waals surface area contributed by atoms with Gasteiger partial charge in [0.2, 0.25) is 0 Å². The predicted molar refractivity (Wildman–Crippen MR) is 108 cm³/mol. The van der Waals surface area contributed by atoms with E-state index in [0.29, 0.717) is 10.8 Å². The van der Waals surface area contributed by atoms with Gasteiger partial charge in [-0.25, -0.2) is 4.79 Å². The zero-order chi connectivity index (χ0) is 19.1. The molecule has 0 unspecified atom stereocenters. The molecule has 0 saturated carbocycles. The van der Waals surface area contributed by atoms with Crippen LogP contribution in [-0.2, 0) is 4.79 Å². The van der Waals surface area contributed by atoms with E-state index >= 15 is 0 Å². The van der Waals surface area contributed by atoms with Crippen LogP contribution in [0.3, 0.4) is 0 Å². The fourth-order valence-corrected chi connectivity index (χ4v) is 2.32. The Morgan fingerprint density at radius 3 is 2.19 bits per heavy atom. The summed E-state index contributed by atoms with van der Waals surface area (Å²) < 4.78 is 5.27. The summed E-state index contributed by atoms with van der Waals surface area (Å²) in [6.45, 7) is 0. The Labute approximate surface area is 162 Å². The second-order valence-electron chi connectivity index (χ2n) is 5.65. The number of aliphatic imine (C=N–C) groups is 1. The molecule has 4 nitrogen and oxygen atoms in total. The van der Waals surface area contributed by atoms with Crippen molar-refractivity contribution < 1.29 is 14.6 Å². The average Bonchev–Trinajstić information content (AvgIpc) is 2.68. The van der Waals surface area contributed by atoms with Crippen molar-refractivity contribution in [3.05, 3.63) is 95.0 Å². The molecular weight excluding hydrogens is 362 g/mol. The highest BCUT2D eigenvalue weighted by atomic mass is 35.5. The van der Waals surface area contributed by atoms with Crippen LogP contribution < -0.4 is 4.74 Å². The number of ether oxygens (including phenoxy) is 1. The van der Waals surface area contributed by atoms with E-state index in [1.165, 1.54) is 6.08 Å². The Balaban J connectivity index is 1.57. The lowest BCUT2D eigenvalue weighted by atomic mass is 10.2. The van der Waals surface area contributed by atoms with Crippen LogP contribution in [-0.4, -0.2) is 17.3 Å². The van der Waals surface area contributed by atoms with Crippen LogP contribution >= 0.6 is 11.6 Å².